The quantitative estimate of drug-likeness (QED) is 0.170. The van der Waals surface area contributed by atoms with E-state index in [4.69, 9.17) is 9.47 Å². The van der Waals surface area contributed by atoms with E-state index in [1.165, 1.54) is 0 Å². The second-order valence-electron chi connectivity index (χ2n) is 7.99. The van der Waals surface area contributed by atoms with Crippen molar-refractivity contribution >= 4 is 0 Å². The lowest BCUT2D eigenvalue weighted by atomic mass is 9.97. The lowest BCUT2D eigenvalue weighted by Crippen LogP contribution is -2.60. The normalized spacial score (nSPS) is 18.7. The third-order valence-electron chi connectivity index (χ3n) is 5.32. The second kappa shape index (κ2) is 12.5. The van der Waals surface area contributed by atoms with E-state index in [2.05, 4.69) is 0 Å². The highest BCUT2D eigenvalue weighted by Crippen LogP contribution is 2.54. The average Bonchev–Trinajstić information content (AvgIpc) is 3.17. The van der Waals surface area contributed by atoms with Gasteiger partial charge in [0, 0.05) is 19.6 Å². The summed E-state index contributed by atoms with van der Waals surface area (Å²) in [7, 11) is 0. The van der Waals surface area contributed by atoms with Crippen molar-refractivity contribution in [2.24, 2.45) is 0 Å². The van der Waals surface area contributed by atoms with Crippen LogP contribution in [0.1, 0.15) is 77.0 Å². The molecule has 0 aliphatic carbocycles. The summed E-state index contributed by atoms with van der Waals surface area (Å²) >= 11 is 0. The first-order chi connectivity index (χ1) is 14.3. The maximum absolute atomic E-state index is 13.4. The highest BCUT2D eigenvalue weighted by atomic mass is 19.4. The Morgan fingerprint density at radius 3 is 1.68 bits per heavy atom. The fourth-order valence-electron chi connectivity index (χ4n) is 3.34. The summed E-state index contributed by atoms with van der Waals surface area (Å²) < 4.78 is 126. The molecular formula is C20H31F9O2. The molecule has 1 unspecified atom stereocenters. The minimum atomic E-state index is -6.79. The first-order valence-corrected chi connectivity index (χ1v) is 10.7. The van der Waals surface area contributed by atoms with Crippen LogP contribution in [0.25, 0.3) is 0 Å². The molecule has 1 fully saturated rings. The topological polar surface area (TPSA) is 18.5 Å². The first-order valence-electron chi connectivity index (χ1n) is 10.7. The van der Waals surface area contributed by atoms with Crippen molar-refractivity contribution in [1.29, 1.82) is 0 Å². The van der Waals surface area contributed by atoms with E-state index < -0.39 is 36.8 Å². The van der Waals surface area contributed by atoms with Gasteiger partial charge in [-0.15, -0.1) is 0 Å². The highest BCUT2D eigenvalue weighted by Gasteiger charge is 2.81. The van der Waals surface area contributed by atoms with Gasteiger partial charge in [-0.2, -0.15) is 39.5 Å². The monoisotopic (exact) mass is 474 g/mol. The summed E-state index contributed by atoms with van der Waals surface area (Å²) in [6.07, 6.45) is -1.07. The van der Waals surface area contributed by atoms with Crippen LogP contribution in [-0.4, -0.2) is 49.9 Å². The van der Waals surface area contributed by atoms with Gasteiger partial charge in [0.15, 0.2) is 0 Å². The molecule has 11 heteroatoms. The van der Waals surface area contributed by atoms with Crippen LogP contribution in [0.3, 0.4) is 0 Å². The second-order valence-corrected chi connectivity index (χ2v) is 7.99. The van der Waals surface area contributed by atoms with Gasteiger partial charge < -0.3 is 9.47 Å². The SMILES string of the molecule is FC(F)(F)C(F)(F)C(F)(F)C(F)(F)CCCCCCCCCCCOCC1CCCO1. The Labute approximate surface area is 176 Å². The van der Waals surface area contributed by atoms with Crippen molar-refractivity contribution in [2.75, 3.05) is 19.8 Å². The fourth-order valence-corrected chi connectivity index (χ4v) is 3.34. The van der Waals surface area contributed by atoms with Gasteiger partial charge in [-0.05, 0) is 25.7 Å². The van der Waals surface area contributed by atoms with E-state index in [-0.39, 0.29) is 12.5 Å². The molecule has 0 radical (unpaired) electrons. The summed E-state index contributed by atoms with van der Waals surface area (Å²) in [5.41, 5.74) is 0. The predicted octanol–water partition coefficient (Wildman–Crippen LogP) is 7.55. The van der Waals surface area contributed by atoms with Crippen LogP contribution in [-0.2, 0) is 9.47 Å². The first kappa shape index (κ1) is 28.3. The number of alkyl halides is 9. The lowest BCUT2D eigenvalue weighted by Gasteiger charge is -2.33. The third kappa shape index (κ3) is 8.63. The molecule has 0 amide bonds. The number of unbranched alkanes of at least 4 members (excludes halogenated alkanes) is 8. The Kier molecular flexibility index (Phi) is 11.4. The molecular weight excluding hydrogens is 443 g/mol. The summed E-state index contributed by atoms with van der Waals surface area (Å²) in [5.74, 6) is -18.7. The molecule has 1 heterocycles. The minimum Gasteiger partial charge on any atom is -0.379 e. The number of rotatable bonds is 16. The van der Waals surface area contributed by atoms with Crippen LogP contribution in [0.5, 0.6) is 0 Å². The zero-order chi connectivity index (χ0) is 23.6. The Hall–Kier alpha value is -0.710. The minimum absolute atomic E-state index is 0.0559. The predicted molar refractivity (Wildman–Crippen MR) is 96.9 cm³/mol. The van der Waals surface area contributed by atoms with Gasteiger partial charge in [0.1, 0.15) is 0 Å². The molecule has 0 saturated carbocycles. The van der Waals surface area contributed by atoms with Crippen LogP contribution in [0.15, 0.2) is 0 Å². The van der Waals surface area contributed by atoms with E-state index >= 15 is 0 Å². The van der Waals surface area contributed by atoms with Crippen molar-refractivity contribution in [3.8, 4) is 0 Å². The van der Waals surface area contributed by atoms with E-state index in [0.717, 1.165) is 51.6 Å². The molecule has 186 valence electrons. The molecule has 0 N–H and O–H groups in total. The smallest absolute Gasteiger partial charge is 0.379 e. The Balaban J connectivity index is 2.04. The van der Waals surface area contributed by atoms with Crippen molar-refractivity contribution in [1.82, 2.24) is 0 Å². The Morgan fingerprint density at radius 1 is 0.677 bits per heavy atom. The van der Waals surface area contributed by atoms with Crippen LogP contribution >= 0.6 is 0 Å². The summed E-state index contributed by atoms with van der Waals surface area (Å²) in [4.78, 5) is 0. The molecule has 31 heavy (non-hydrogen) atoms. The van der Waals surface area contributed by atoms with E-state index in [1.807, 2.05) is 0 Å². The van der Waals surface area contributed by atoms with Gasteiger partial charge in [-0.1, -0.05) is 44.9 Å². The molecule has 0 spiro atoms. The molecule has 1 aliphatic heterocycles. The van der Waals surface area contributed by atoms with E-state index in [0.29, 0.717) is 26.1 Å². The van der Waals surface area contributed by atoms with Crippen LogP contribution in [0.2, 0.25) is 0 Å². The molecule has 1 saturated heterocycles. The van der Waals surface area contributed by atoms with E-state index in [1.54, 1.807) is 0 Å². The van der Waals surface area contributed by atoms with Gasteiger partial charge >= 0.3 is 23.9 Å². The third-order valence-corrected chi connectivity index (χ3v) is 5.32. The van der Waals surface area contributed by atoms with Crippen molar-refractivity contribution in [3.05, 3.63) is 0 Å². The maximum Gasteiger partial charge on any atom is 0.460 e. The molecule has 1 aliphatic rings. The maximum atomic E-state index is 13.4. The zero-order valence-electron chi connectivity index (χ0n) is 17.4. The summed E-state index contributed by atoms with van der Waals surface area (Å²) in [6.45, 7) is 2.06. The highest BCUT2D eigenvalue weighted by molar-refractivity contribution is 5.00. The number of halogens is 9. The molecule has 1 rings (SSSR count). The molecule has 1 atom stereocenters. The van der Waals surface area contributed by atoms with Gasteiger partial charge in [0.25, 0.3) is 0 Å². The molecule has 0 bridgehead atoms. The van der Waals surface area contributed by atoms with Gasteiger partial charge in [0.05, 0.1) is 12.7 Å². The van der Waals surface area contributed by atoms with Crippen molar-refractivity contribution in [2.45, 2.75) is 107 Å². The summed E-state index contributed by atoms with van der Waals surface area (Å²) in [6, 6.07) is 0. The fraction of sp³-hybridized carbons (Fsp3) is 1.00. The number of ether oxygens (including phenoxy) is 2. The van der Waals surface area contributed by atoms with E-state index in [9.17, 15) is 39.5 Å². The van der Waals surface area contributed by atoms with Crippen molar-refractivity contribution < 1.29 is 49.0 Å². The Morgan fingerprint density at radius 2 is 1.19 bits per heavy atom. The largest absolute Gasteiger partial charge is 0.460 e. The van der Waals surface area contributed by atoms with Crippen LogP contribution in [0, 0.1) is 0 Å². The Bertz CT molecular complexity index is 490. The number of hydrogen-bond acceptors (Lipinski definition) is 2. The van der Waals surface area contributed by atoms with Gasteiger partial charge in [-0.25, -0.2) is 0 Å². The standard InChI is InChI=1S/C20H31F9O2/c21-17(22,18(23,24)19(25,26)20(27,28)29)12-8-6-4-2-1-3-5-7-9-13-30-15-16-11-10-14-31-16/h16H,1-15H2. The van der Waals surface area contributed by atoms with Gasteiger partial charge in [0.2, 0.25) is 0 Å². The lowest BCUT2D eigenvalue weighted by molar-refractivity contribution is -0.396. The number of hydrogen-bond donors (Lipinski definition) is 0. The van der Waals surface area contributed by atoms with Crippen LogP contribution < -0.4 is 0 Å². The average molecular weight is 474 g/mol. The molecule has 0 aromatic heterocycles. The molecule has 0 aromatic rings. The summed E-state index contributed by atoms with van der Waals surface area (Å²) in [5, 5.41) is 0. The zero-order valence-corrected chi connectivity index (χ0v) is 17.4. The van der Waals surface area contributed by atoms with Gasteiger partial charge in [-0.3, -0.25) is 0 Å². The molecule has 0 aromatic carbocycles. The van der Waals surface area contributed by atoms with Crippen molar-refractivity contribution in [3.63, 3.8) is 0 Å². The van der Waals surface area contributed by atoms with Crippen LogP contribution in [0.4, 0.5) is 39.5 Å². The molecule has 2 nitrogen and oxygen atoms in total.